The fourth-order valence-electron chi connectivity index (χ4n) is 1.75. The molecule has 1 aromatic heterocycles. The van der Waals surface area contributed by atoms with Gasteiger partial charge in [0.1, 0.15) is 0 Å². The SMILES string of the molecule is NC(=O)c1ccccc1CCC(=O)NCc1nn[nH]n1. The molecule has 8 heteroatoms. The van der Waals surface area contributed by atoms with E-state index in [1.54, 1.807) is 24.3 Å². The molecule has 2 rings (SSSR count). The summed E-state index contributed by atoms with van der Waals surface area (Å²) in [6.45, 7) is 0.215. The van der Waals surface area contributed by atoms with Crippen LogP contribution in [0.5, 0.6) is 0 Å². The average molecular weight is 274 g/mol. The number of primary amides is 1. The van der Waals surface area contributed by atoms with Crippen LogP contribution < -0.4 is 11.1 Å². The number of nitrogens with one attached hydrogen (secondary N) is 2. The standard InChI is InChI=1S/C12H14N6O2/c13-12(20)9-4-2-1-3-8(9)5-6-11(19)14-7-10-15-17-18-16-10/h1-4H,5-7H2,(H2,13,20)(H,14,19)(H,15,16,17,18). The predicted octanol–water partition coefficient (Wildman–Crippen LogP) is -0.452. The van der Waals surface area contributed by atoms with Crippen LogP contribution in [0.25, 0.3) is 0 Å². The Morgan fingerprint density at radius 1 is 1.30 bits per heavy atom. The second kappa shape index (κ2) is 6.41. The van der Waals surface area contributed by atoms with Crippen LogP contribution in [0.15, 0.2) is 24.3 Å². The summed E-state index contributed by atoms with van der Waals surface area (Å²) in [5, 5.41) is 15.8. The van der Waals surface area contributed by atoms with Gasteiger partial charge in [-0.15, -0.1) is 10.2 Å². The first-order valence-corrected chi connectivity index (χ1v) is 6.03. The van der Waals surface area contributed by atoms with Gasteiger partial charge in [-0.2, -0.15) is 5.21 Å². The number of H-pyrrole nitrogens is 1. The van der Waals surface area contributed by atoms with Crippen molar-refractivity contribution in [3.05, 3.63) is 41.2 Å². The van der Waals surface area contributed by atoms with Crippen molar-refractivity contribution in [2.75, 3.05) is 0 Å². The summed E-state index contributed by atoms with van der Waals surface area (Å²) in [7, 11) is 0. The third-order valence-corrected chi connectivity index (χ3v) is 2.74. The Balaban J connectivity index is 1.85. The molecular weight excluding hydrogens is 260 g/mol. The third kappa shape index (κ3) is 3.61. The number of carbonyl (C=O) groups excluding carboxylic acids is 2. The molecule has 1 heterocycles. The van der Waals surface area contributed by atoms with E-state index in [-0.39, 0.29) is 18.9 Å². The van der Waals surface area contributed by atoms with Crippen LogP contribution in [-0.4, -0.2) is 32.4 Å². The molecule has 0 fully saturated rings. The second-order valence-electron chi connectivity index (χ2n) is 4.13. The fourth-order valence-corrected chi connectivity index (χ4v) is 1.75. The lowest BCUT2D eigenvalue weighted by molar-refractivity contribution is -0.121. The summed E-state index contributed by atoms with van der Waals surface area (Å²) in [6.07, 6.45) is 0.694. The third-order valence-electron chi connectivity index (χ3n) is 2.74. The zero-order valence-electron chi connectivity index (χ0n) is 10.7. The number of tetrazole rings is 1. The van der Waals surface area contributed by atoms with Crippen molar-refractivity contribution in [3.8, 4) is 0 Å². The van der Waals surface area contributed by atoms with E-state index in [0.29, 0.717) is 17.8 Å². The monoisotopic (exact) mass is 274 g/mol. The fraction of sp³-hybridized carbons (Fsp3) is 0.250. The first kappa shape index (κ1) is 13.7. The van der Waals surface area contributed by atoms with E-state index in [4.69, 9.17) is 5.73 Å². The number of rotatable bonds is 6. The Labute approximate surface area is 114 Å². The van der Waals surface area contributed by atoms with Crippen LogP contribution in [0.1, 0.15) is 28.2 Å². The molecule has 4 N–H and O–H groups in total. The van der Waals surface area contributed by atoms with Crippen LogP contribution in [0, 0.1) is 0 Å². The minimum absolute atomic E-state index is 0.158. The van der Waals surface area contributed by atoms with Crippen LogP contribution >= 0.6 is 0 Å². The topological polar surface area (TPSA) is 127 Å². The Bertz CT molecular complexity index is 596. The van der Waals surface area contributed by atoms with Crippen molar-refractivity contribution in [1.82, 2.24) is 25.9 Å². The van der Waals surface area contributed by atoms with Gasteiger partial charge in [0.15, 0.2) is 5.82 Å². The van der Waals surface area contributed by atoms with E-state index >= 15 is 0 Å². The number of amides is 2. The Hall–Kier alpha value is -2.77. The van der Waals surface area contributed by atoms with Crippen LogP contribution in [0.3, 0.4) is 0 Å². The summed E-state index contributed by atoms with van der Waals surface area (Å²) in [4.78, 5) is 22.9. The number of aromatic amines is 1. The Kier molecular flexibility index (Phi) is 4.38. The molecule has 2 amide bonds. The normalized spacial score (nSPS) is 10.2. The highest BCUT2D eigenvalue weighted by Crippen LogP contribution is 2.10. The van der Waals surface area contributed by atoms with E-state index in [0.717, 1.165) is 5.56 Å². The van der Waals surface area contributed by atoms with Crippen LogP contribution in [-0.2, 0) is 17.8 Å². The lowest BCUT2D eigenvalue weighted by Gasteiger charge is -2.06. The first-order valence-electron chi connectivity index (χ1n) is 6.03. The molecule has 0 saturated carbocycles. The first-order chi connectivity index (χ1) is 9.66. The quantitative estimate of drug-likeness (QED) is 0.657. The molecule has 0 atom stereocenters. The van der Waals surface area contributed by atoms with E-state index in [1.807, 2.05) is 0 Å². The molecule has 0 spiro atoms. The van der Waals surface area contributed by atoms with Gasteiger partial charge in [0.05, 0.1) is 6.54 Å². The Morgan fingerprint density at radius 2 is 2.10 bits per heavy atom. The molecule has 0 aliphatic rings. The predicted molar refractivity (Wildman–Crippen MR) is 69.3 cm³/mol. The summed E-state index contributed by atoms with van der Waals surface area (Å²) >= 11 is 0. The maximum Gasteiger partial charge on any atom is 0.248 e. The van der Waals surface area contributed by atoms with Crippen LogP contribution in [0.2, 0.25) is 0 Å². The number of aryl methyl sites for hydroxylation is 1. The molecular formula is C12H14N6O2. The van der Waals surface area contributed by atoms with E-state index in [9.17, 15) is 9.59 Å². The molecule has 0 bridgehead atoms. The molecule has 2 aromatic rings. The molecule has 1 aromatic carbocycles. The molecule has 104 valence electrons. The number of hydrogen-bond acceptors (Lipinski definition) is 5. The largest absolute Gasteiger partial charge is 0.366 e. The summed E-state index contributed by atoms with van der Waals surface area (Å²) in [5.41, 5.74) is 6.48. The average Bonchev–Trinajstić information content (AvgIpc) is 2.96. The minimum Gasteiger partial charge on any atom is -0.366 e. The van der Waals surface area contributed by atoms with Gasteiger partial charge < -0.3 is 11.1 Å². The zero-order valence-corrected chi connectivity index (χ0v) is 10.7. The Morgan fingerprint density at radius 3 is 2.80 bits per heavy atom. The lowest BCUT2D eigenvalue weighted by atomic mass is 10.0. The maximum atomic E-state index is 11.7. The van der Waals surface area contributed by atoms with Gasteiger partial charge >= 0.3 is 0 Å². The molecule has 0 saturated heterocycles. The van der Waals surface area contributed by atoms with Gasteiger partial charge in [0.2, 0.25) is 11.8 Å². The molecule has 0 aliphatic heterocycles. The van der Waals surface area contributed by atoms with Gasteiger partial charge in [-0.25, -0.2) is 0 Å². The van der Waals surface area contributed by atoms with Gasteiger partial charge in [0, 0.05) is 12.0 Å². The number of carbonyl (C=O) groups is 2. The van der Waals surface area contributed by atoms with E-state index in [1.165, 1.54) is 0 Å². The van der Waals surface area contributed by atoms with Crippen molar-refractivity contribution < 1.29 is 9.59 Å². The number of aromatic nitrogens is 4. The minimum atomic E-state index is -0.493. The molecule has 0 radical (unpaired) electrons. The number of nitrogens with two attached hydrogens (primary N) is 1. The number of nitrogens with zero attached hydrogens (tertiary/aromatic N) is 3. The molecule has 8 nitrogen and oxygen atoms in total. The molecule has 20 heavy (non-hydrogen) atoms. The number of hydrogen-bond donors (Lipinski definition) is 3. The van der Waals surface area contributed by atoms with E-state index in [2.05, 4.69) is 25.9 Å². The second-order valence-corrected chi connectivity index (χ2v) is 4.13. The summed E-state index contributed by atoms with van der Waals surface area (Å²) < 4.78 is 0. The van der Waals surface area contributed by atoms with Gasteiger partial charge in [-0.1, -0.05) is 23.4 Å². The smallest absolute Gasteiger partial charge is 0.248 e. The highest BCUT2D eigenvalue weighted by atomic mass is 16.2. The van der Waals surface area contributed by atoms with Gasteiger partial charge in [-0.05, 0) is 18.1 Å². The zero-order chi connectivity index (χ0) is 14.4. The molecule has 0 unspecified atom stereocenters. The maximum absolute atomic E-state index is 11.7. The van der Waals surface area contributed by atoms with Crippen molar-refractivity contribution in [3.63, 3.8) is 0 Å². The van der Waals surface area contributed by atoms with Crippen molar-refractivity contribution in [1.29, 1.82) is 0 Å². The molecule has 0 aliphatic carbocycles. The van der Waals surface area contributed by atoms with Crippen molar-refractivity contribution in [2.24, 2.45) is 5.73 Å². The van der Waals surface area contributed by atoms with E-state index < -0.39 is 5.91 Å². The van der Waals surface area contributed by atoms with Crippen molar-refractivity contribution >= 4 is 11.8 Å². The summed E-state index contributed by atoms with van der Waals surface area (Å²) in [6, 6.07) is 6.97. The highest BCUT2D eigenvalue weighted by Gasteiger charge is 2.09. The highest BCUT2D eigenvalue weighted by molar-refractivity contribution is 5.94. The van der Waals surface area contributed by atoms with Gasteiger partial charge in [-0.3, -0.25) is 9.59 Å². The van der Waals surface area contributed by atoms with Crippen molar-refractivity contribution in [2.45, 2.75) is 19.4 Å². The van der Waals surface area contributed by atoms with Gasteiger partial charge in [0.25, 0.3) is 0 Å². The number of benzene rings is 1. The van der Waals surface area contributed by atoms with Crippen LogP contribution in [0.4, 0.5) is 0 Å². The summed E-state index contributed by atoms with van der Waals surface area (Å²) in [5.74, 6) is -0.238. The lowest BCUT2D eigenvalue weighted by Crippen LogP contribution is -2.24.